The first-order valence-corrected chi connectivity index (χ1v) is 0. The minimum absolute atomic E-state index is 0. The van der Waals surface area contributed by atoms with Gasteiger partial charge in [-0.25, -0.2) is 0 Å². The van der Waals surface area contributed by atoms with E-state index in [-0.39, 0.29) is 63.0 Å². The Morgan fingerprint density at radius 3 is 0.600 bits per heavy atom. The molecule has 30 valence electrons. The number of halogens is 3. The first-order chi connectivity index (χ1) is 0. The maximum Gasteiger partial charge on any atom is 3.00 e. The van der Waals surface area contributed by atoms with E-state index in [0.717, 1.165) is 0 Å². The fraction of sp³-hybridized carbons (Fsp3) is 0. The second-order valence-electron chi connectivity index (χ2n) is 0. The van der Waals surface area contributed by atoms with Crippen molar-refractivity contribution in [3.63, 3.8) is 0 Å². The molecule has 0 aliphatic rings. The molecule has 0 spiro atoms. The zero-order chi connectivity index (χ0) is 0. The normalized spacial score (nSPS) is 0. The van der Waals surface area contributed by atoms with Crippen molar-refractivity contribution < 1.29 is 54.6 Å². The van der Waals surface area contributed by atoms with Crippen molar-refractivity contribution in [3.8, 4) is 0 Å². The maximum absolute atomic E-state index is 0. The smallest absolute Gasteiger partial charge is 1.00 e. The first kappa shape index (κ1) is 89.8. The van der Waals surface area contributed by atoms with Gasteiger partial charge in [0.05, 0.1) is 0 Å². The average molecular weight is 169 g/mol. The van der Waals surface area contributed by atoms with Gasteiger partial charge in [0.2, 0.25) is 0 Å². The van der Waals surface area contributed by atoms with Crippen LogP contribution >= 0.6 is 0 Å². The number of rotatable bonds is 0. The van der Waals surface area contributed by atoms with Crippen LogP contribution in [0.3, 0.4) is 0 Å². The third kappa shape index (κ3) is 30.5. The van der Waals surface area contributed by atoms with Gasteiger partial charge in [0.25, 0.3) is 0 Å². The average Bonchev–Trinajstić information content (AvgIpc) is 0. The van der Waals surface area contributed by atoms with E-state index in [2.05, 4.69) is 0 Å². The van der Waals surface area contributed by atoms with Gasteiger partial charge in [-0.3, -0.25) is 0 Å². The Morgan fingerprint density at radius 2 is 0.600 bits per heavy atom. The van der Waals surface area contributed by atoms with Crippen LogP contribution in [0.5, 0.6) is 0 Å². The monoisotopic (exact) mass is 168 g/mol. The minimum atomic E-state index is 0. The molecule has 5 heavy (non-hydrogen) atoms. The predicted octanol–water partition coefficient (Wildman–Crippen LogP) is -9.37. The van der Waals surface area contributed by atoms with Gasteiger partial charge < -0.3 is 37.2 Å². The number of hydrogen-bond acceptors (Lipinski definition) is 0. The Bertz CT molecular complexity index is 6.85. The summed E-state index contributed by atoms with van der Waals surface area (Å²) in [6.07, 6.45) is 0. The van der Waals surface area contributed by atoms with Crippen LogP contribution in [0.15, 0.2) is 0 Å². The summed E-state index contributed by atoms with van der Waals surface area (Å²) in [6, 6.07) is 0. The summed E-state index contributed by atoms with van der Waals surface area (Å²) in [7, 11) is 0. The fourth-order valence-electron chi connectivity index (χ4n) is 0. The molecule has 0 atom stereocenters. The molecule has 0 saturated heterocycles. The molecule has 0 heterocycles. The third-order valence-corrected chi connectivity index (χ3v) is 0. The Kier molecular flexibility index (Phi) is 910. The molecule has 0 saturated carbocycles. The topological polar surface area (TPSA) is 0 Å². The molecule has 0 aliphatic carbocycles. The maximum atomic E-state index is 0. The predicted molar refractivity (Wildman–Crippen MR) is 5.75 cm³/mol. The van der Waals surface area contributed by atoms with Gasteiger partial charge in [0.1, 0.15) is 0 Å². The van der Waals surface area contributed by atoms with Crippen molar-refractivity contribution in [3.05, 3.63) is 0 Å². The summed E-state index contributed by atoms with van der Waals surface area (Å²) in [4.78, 5) is 0. The summed E-state index contributed by atoms with van der Waals surface area (Å²) in [5.74, 6) is 0. The van der Waals surface area contributed by atoms with Crippen molar-refractivity contribution in [1.82, 2.24) is 0 Å². The molecule has 0 aromatic heterocycles. The standard InChI is InChI=1S/B.3ClH.Cr/h;3*1H;/q;;;;+3/p-3. The van der Waals surface area contributed by atoms with E-state index in [0.29, 0.717) is 0 Å². The van der Waals surface area contributed by atoms with E-state index in [9.17, 15) is 0 Å². The summed E-state index contributed by atoms with van der Waals surface area (Å²) >= 11 is 0. The van der Waals surface area contributed by atoms with E-state index in [1.807, 2.05) is 0 Å². The Hall–Kier alpha value is 1.47. The van der Waals surface area contributed by atoms with Crippen LogP contribution in [-0.4, -0.2) is 8.41 Å². The van der Waals surface area contributed by atoms with E-state index in [1.165, 1.54) is 0 Å². The molecular weight excluding hydrogens is 169 g/mol. The first-order valence-electron chi connectivity index (χ1n) is 0. The Balaban J connectivity index is 0. The SMILES string of the molecule is [B].[Cl-].[Cl-].[Cl-].[Cr+3]. The second-order valence-corrected chi connectivity index (χ2v) is 0. The van der Waals surface area contributed by atoms with Crippen LogP contribution in [0.25, 0.3) is 0 Å². The van der Waals surface area contributed by atoms with Crippen molar-refractivity contribution in [2.45, 2.75) is 0 Å². The van der Waals surface area contributed by atoms with E-state index in [1.54, 1.807) is 0 Å². The van der Waals surface area contributed by atoms with Crippen LogP contribution in [0.1, 0.15) is 0 Å². The molecule has 0 rings (SSSR count). The molecule has 0 bridgehead atoms. The second kappa shape index (κ2) is 50.7. The van der Waals surface area contributed by atoms with Crippen LogP contribution in [0.2, 0.25) is 0 Å². The van der Waals surface area contributed by atoms with Crippen molar-refractivity contribution in [2.24, 2.45) is 0 Å². The summed E-state index contributed by atoms with van der Waals surface area (Å²) < 4.78 is 0. The summed E-state index contributed by atoms with van der Waals surface area (Å²) in [5, 5.41) is 0. The van der Waals surface area contributed by atoms with Gasteiger partial charge in [0.15, 0.2) is 0 Å². The zero-order valence-corrected chi connectivity index (χ0v) is 5.66. The van der Waals surface area contributed by atoms with E-state index in [4.69, 9.17) is 0 Å². The Labute approximate surface area is 63.0 Å². The third-order valence-electron chi connectivity index (χ3n) is 0. The van der Waals surface area contributed by atoms with Gasteiger partial charge in [-0.1, -0.05) is 0 Å². The molecule has 0 fully saturated rings. The minimum Gasteiger partial charge on any atom is -1.00 e. The van der Waals surface area contributed by atoms with E-state index < -0.39 is 0 Å². The summed E-state index contributed by atoms with van der Waals surface area (Å²) in [5.41, 5.74) is 0. The number of hydrogen-bond donors (Lipinski definition) is 0. The van der Waals surface area contributed by atoms with Crippen LogP contribution in [-0.2, 0) is 17.4 Å². The van der Waals surface area contributed by atoms with Crippen molar-refractivity contribution in [2.75, 3.05) is 0 Å². The quantitative estimate of drug-likeness (QED) is 0.316. The van der Waals surface area contributed by atoms with Crippen LogP contribution in [0, 0.1) is 0 Å². The van der Waals surface area contributed by atoms with Crippen LogP contribution in [0.4, 0.5) is 0 Å². The van der Waals surface area contributed by atoms with Gasteiger partial charge in [-0.2, -0.15) is 0 Å². The molecular formula is BCl3Cr. The molecule has 0 aliphatic heterocycles. The fourth-order valence-corrected chi connectivity index (χ4v) is 0. The molecule has 0 nitrogen and oxygen atoms in total. The van der Waals surface area contributed by atoms with Crippen LogP contribution < -0.4 is 37.2 Å². The molecule has 0 aromatic carbocycles. The van der Waals surface area contributed by atoms with Crippen molar-refractivity contribution in [1.29, 1.82) is 0 Å². The van der Waals surface area contributed by atoms with Gasteiger partial charge in [0, 0.05) is 8.41 Å². The zero-order valence-electron chi connectivity index (χ0n) is 2.12. The molecule has 0 unspecified atom stereocenters. The Morgan fingerprint density at radius 1 is 0.600 bits per heavy atom. The molecule has 0 aromatic rings. The van der Waals surface area contributed by atoms with Gasteiger partial charge >= 0.3 is 17.4 Å². The van der Waals surface area contributed by atoms with Gasteiger partial charge in [-0.15, -0.1) is 0 Å². The molecule has 5 heteroatoms. The molecule has 0 N–H and O–H groups in total. The molecule has 0 amide bonds. The van der Waals surface area contributed by atoms with Gasteiger partial charge in [-0.05, 0) is 0 Å². The molecule has 4 radical (unpaired) electrons. The largest absolute Gasteiger partial charge is 3.00 e. The van der Waals surface area contributed by atoms with E-state index >= 15 is 0 Å². The summed E-state index contributed by atoms with van der Waals surface area (Å²) in [6.45, 7) is 0. The van der Waals surface area contributed by atoms with Crippen molar-refractivity contribution >= 4 is 8.41 Å².